The van der Waals surface area contributed by atoms with E-state index in [2.05, 4.69) is 9.99 Å². The average molecular weight is 1300 g/mol. The van der Waals surface area contributed by atoms with Crippen LogP contribution in [0.1, 0.15) is 163 Å². The fourth-order valence-corrected chi connectivity index (χ4v) is 12.7. The van der Waals surface area contributed by atoms with Gasteiger partial charge in [-0.1, -0.05) is 73.5 Å². The number of fused-ring (bicyclic) bond motifs is 6. The molecule has 0 aliphatic carbocycles. The topological polar surface area (TPSA) is 219 Å². The van der Waals surface area contributed by atoms with Crippen molar-refractivity contribution in [2.75, 3.05) is 53.8 Å². The third-order valence-electron chi connectivity index (χ3n) is 15.9. The van der Waals surface area contributed by atoms with Gasteiger partial charge in [0.15, 0.2) is 5.60 Å². The molecule has 2 heterocycles. The van der Waals surface area contributed by atoms with E-state index >= 15 is 0 Å². The monoisotopic (exact) mass is 1290 g/mol. The lowest BCUT2D eigenvalue weighted by atomic mass is 9.77. The van der Waals surface area contributed by atoms with Crippen LogP contribution in [-0.2, 0) is 58.4 Å². The third-order valence-corrected chi connectivity index (χ3v) is 18.0. The van der Waals surface area contributed by atoms with Crippen molar-refractivity contribution >= 4 is 44.3 Å². The maximum absolute atomic E-state index is 14.7. The minimum atomic E-state index is -2.15. The van der Waals surface area contributed by atoms with E-state index in [1.807, 2.05) is 107 Å². The Labute approximate surface area is 546 Å². The highest BCUT2D eigenvalue weighted by Gasteiger charge is 2.56. The first-order valence-electron chi connectivity index (χ1n) is 31.5. The van der Waals surface area contributed by atoms with E-state index in [4.69, 9.17) is 51.7 Å². The summed E-state index contributed by atoms with van der Waals surface area (Å²) >= 11 is 0. The summed E-state index contributed by atoms with van der Waals surface area (Å²) in [6, 6.07) is 38.7. The number of hydrogen-bond donors (Lipinski definition) is 1. The van der Waals surface area contributed by atoms with E-state index in [0.29, 0.717) is 64.3 Å². The minimum absolute atomic E-state index is 0.0431. The van der Waals surface area contributed by atoms with Gasteiger partial charge in [0.05, 0.1) is 63.6 Å². The van der Waals surface area contributed by atoms with Crippen LogP contribution in [0, 0.1) is 16.2 Å². The molecule has 2 aliphatic rings. The summed E-state index contributed by atoms with van der Waals surface area (Å²) in [6.45, 7) is 21.3. The molecule has 2 aliphatic heterocycles. The van der Waals surface area contributed by atoms with Crippen LogP contribution in [0.15, 0.2) is 133 Å². The summed E-state index contributed by atoms with van der Waals surface area (Å²) in [7, 11) is 1.24. The van der Waals surface area contributed by atoms with Crippen LogP contribution in [0.25, 0.3) is 0 Å². The molecule has 19 nitrogen and oxygen atoms in total. The first kappa shape index (κ1) is 70.7. The number of benzene rings is 6. The van der Waals surface area contributed by atoms with Crippen molar-refractivity contribution < 1.29 is 80.4 Å². The number of amides is 1. The molecule has 0 aromatic heterocycles. The number of esters is 5. The smallest absolute Gasteiger partial charge is 0.340 e. The van der Waals surface area contributed by atoms with Crippen LogP contribution in [0.4, 0.5) is 0 Å². The Morgan fingerprint density at radius 3 is 1.53 bits per heavy atom. The zero-order valence-corrected chi connectivity index (χ0v) is 56.7. The van der Waals surface area contributed by atoms with E-state index in [-0.39, 0.29) is 71.9 Å². The minimum Gasteiger partial charge on any atom is -0.497 e. The molecule has 20 heteroatoms. The van der Waals surface area contributed by atoms with E-state index in [0.717, 1.165) is 12.8 Å². The van der Waals surface area contributed by atoms with Crippen molar-refractivity contribution in [2.45, 2.75) is 132 Å². The molecule has 93 heavy (non-hydrogen) atoms. The second-order valence-electron chi connectivity index (χ2n) is 25.4. The molecular weight excluding hydrogens is 1210 g/mol. The van der Waals surface area contributed by atoms with Gasteiger partial charge >= 0.3 is 29.8 Å². The quantitative estimate of drug-likeness (QED) is 0.00877. The lowest BCUT2D eigenvalue weighted by Crippen LogP contribution is -2.51. The second-order valence-corrected chi connectivity index (χ2v) is 26.9. The lowest BCUT2D eigenvalue weighted by Gasteiger charge is -2.40. The van der Waals surface area contributed by atoms with E-state index in [9.17, 15) is 28.8 Å². The number of carbonyl (C=O) groups is 6. The van der Waals surface area contributed by atoms with Crippen molar-refractivity contribution in [3.05, 3.63) is 178 Å². The normalized spacial score (nSPS) is 13.7. The van der Waals surface area contributed by atoms with E-state index in [1.165, 1.54) is 6.07 Å². The number of methoxy groups -OCH3 is 2. The van der Waals surface area contributed by atoms with Gasteiger partial charge in [0.25, 0.3) is 14.4 Å². The molecule has 0 fully saturated rings. The lowest BCUT2D eigenvalue weighted by molar-refractivity contribution is -0.183. The van der Waals surface area contributed by atoms with Gasteiger partial charge in [0.2, 0.25) is 5.41 Å². The first-order valence-corrected chi connectivity index (χ1v) is 32.7. The van der Waals surface area contributed by atoms with Gasteiger partial charge in [-0.2, -0.15) is 0 Å². The molecule has 0 radical (unpaired) electrons. The number of nitrogens with zero attached hydrogens (tertiary/aromatic N) is 1. The van der Waals surface area contributed by atoms with Gasteiger partial charge in [-0.3, -0.25) is 24.0 Å². The van der Waals surface area contributed by atoms with E-state index < -0.39 is 79.0 Å². The van der Waals surface area contributed by atoms with Gasteiger partial charge in [0, 0.05) is 53.0 Å². The summed E-state index contributed by atoms with van der Waals surface area (Å²) in [6.07, 6.45) is 2.70. The summed E-state index contributed by atoms with van der Waals surface area (Å²) in [4.78, 5) is 83.3. The zero-order valence-electron chi connectivity index (χ0n) is 55.8. The Bertz CT molecular complexity index is 3460. The zero-order chi connectivity index (χ0) is 67.5. The highest BCUT2D eigenvalue weighted by molar-refractivity contribution is 7.44. The van der Waals surface area contributed by atoms with E-state index in [1.54, 1.807) is 118 Å². The Morgan fingerprint density at radius 1 is 0.559 bits per heavy atom. The van der Waals surface area contributed by atoms with Gasteiger partial charge in [-0.15, -0.1) is 0 Å². The second kappa shape index (κ2) is 30.3. The van der Waals surface area contributed by atoms with Crippen molar-refractivity contribution in [1.82, 2.24) is 9.99 Å². The van der Waals surface area contributed by atoms with Crippen molar-refractivity contribution in [2.24, 2.45) is 16.2 Å². The van der Waals surface area contributed by atoms with Gasteiger partial charge in [-0.25, -0.2) is 9.46 Å². The number of ether oxygens (including phenoxy) is 9. The molecule has 1 N–H and O–H groups in total. The highest BCUT2D eigenvalue weighted by atomic mass is 31.2. The fourth-order valence-electron chi connectivity index (χ4n) is 11.0. The van der Waals surface area contributed by atoms with Gasteiger partial charge < -0.3 is 57.0 Å². The third kappa shape index (κ3) is 15.6. The summed E-state index contributed by atoms with van der Waals surface area (Å²) in [5.74, 6) is -1.63. The molecule has 496 valence electrons. The molecule has 0 saturated carbocycles. The predicted octanol–water partition coefficient (Wildman–Crippen LogP) is 14.0. The number of unbranched alkanes of at least 4 members (excludes halogenated alkanes) is 3. The Kier molecular flexibility index (Phi) is 23.0. The molecular formula is C73H87N2O17P. The van der Waals surface area contributed by atoms with Gasteiger partial charge in [-0.05, 0) is 173 Å². The Hall–Kier alpha value is -8.19. The standard InChI is InChI=1S/C73H87N2O17P/c1-15-84-67(80)71(68(81)85-16-2,45-86-72(50-24-20-19-21-25-50,51-27-31-53(82-13)32-28-51)52-29-33-54(83-14)34-30-52)46-88-93(75(47(3)4)48(5)6)87-41-23-18-17-22-40-74-63(76)49-26-37-58-57(42-49)64(77)92-73(58)59-38-35-55(89-65(78)69(7,8)9)43-61(59)91-62-44-56(36-39-60(62)73)90-66(79)70(10,11)12/h19-21,24-39,42-44,47-48H,15-18,22-23,40-41,45-46H2,1-14H3,(H,74,76). The average Bonchev–Trinajstić information content (AvgIpc) is 1.62. The Balaban J connectivity index is 0.960. The molecule has 1 spiro atoms. The number of nitrogens with one attached hydrogen (secondary N) is 1. The molecule has 0 saturated heterocycles. The number of carbonyl (C=O) groups excluding carboxylic acids is 6. The van der Waals surface area contributed by atoms with Crippen LogP contribution in [-0.4, -0.2) is 106 Å². The van der Waals surface area contributed by atoms with Crippen LogP contribution < -0.4 is 29.0 Å². The highest BCUT2D eigenvalue weighted by Crippen LogP contribution is 2.58. The number of rotatable bonds is 29. The Morgan fingerprint density at radius 2 is 1.04 bits per heavy atom. The van der Waals surface area contributed by atoms with Crippen LogP contribution in [0.5, 0.6) is 34.5 Å². The van der Waals surface area contributed by atoms with Crippen molar-refractivity contribution in [3.63, 3.8) is 0 Å². The van der Waals surface area contributed by atoms with Crippen molar-refractivity contribution in [3.8, 4) is 34.5 Å². The van der Waals surface area contributed by atoms with Crippen molar-refractivity contribution in [1.29, 1.82) is 0 Å². The molecule has 1 amide bonds. The molecule has 1 atom stereocenters. The summed E-state index contributed by atoms with van der Waals surface area (Å²) in [5, 5.41) is 3.00. The fraction of sp³-hybridized carbons (Fsp3) is 0.425. The van der Waals surface area contributed by atoms with Gasteiger partial charge in [0.1, 0.15) is 40.1 Å². The van der Waals surface area contributed by atoms with Crippen LogP contribution in [0.2, 0.25) is 0 Å². The molecule has 6 aromatic rings. The number of hydrogen-bond acceptors (Lipinski definition) is 18. The van der Waals surface area contributed by atoms with Crippen LogP contribution >= 0.6 is 8.53 Å². The molecule has 1 unspecified atom stereocenters. The van der Waals surface area contributed by atoms with Crippen LogP contribution in [0.3, 0.4) is 0 Å². The maximum atomic E-state index is 14.7. The summed E-state index contributed by atoms with van der Waals surface area (Å²) in [5.41, 5.74) is -2.90. The SMILES string of the molecule is CCOC(=O)C(COP(OCCCCCCNC(=O)c1ccc2c(c1)C(=O)OC21c2ccc(OC(=O)C(C)(C)C)cc2Oc2cc(OC(=O)C(C)(C)C)ccc21)N(C(C)C)C(C)C)(COC(c1ccccc1)(c1ccc(OC)cc1)c1ccc(OC)cc1)C(=O)OCC. The summed E-state index contributed by atoms with van der Waals surface area (Å²) < 4.78 is 69.6. The molecule has 8 rings (SSSR count). The molecule has 0 bridgehead atoms. The largest absolute Gasteiger partial charge is 0.497 e. The predicted molar refractivity (Wildman–Crippen MR) is 351 cm³/mol. The molecule has 6 aromatic carbocycles. The maximum Gasteiger partial charge on any atom is 0.340 e. The first-order chi connectivity index (χ1) is 44.3.